The molecule has 1 aromatic rings. The van der Waals surface area contributed by atoms with Gasteiger partial charge in [0.05, 0.1) is 0 Å². The fourth-order valence-electron chi connectivity index (χ4n) is 2.37. The van der Waals surface area contributed by atoms with Gasteiger partial charge >= 0.3 is 6.18 Å². The molecule has 0 unspecified atom stereocenters. The zero-order valence-electron chi connectivity index (χ0n) is 10.3. The van der Waals surface area contributed by atoms with Gasteiger partial charge in [0.25, 0.3) is 0 Å². The van der Waals surface area contributed by atoms with E-state index in [2.05, 4.69) is 15.3 Å². The number of hydrogen-bond donors (Lipinski definition) is 2. The van der Waals surface area contributed by atoms with Gasteiger partial charge in [0, 0.05) is 24.8 Å². The molecule has 0 saturated heterocycles. The van der Waals surface area contributed by atoms with Crippen LogP contribution in [0.4, 0.5) is 19.1 Å². The van der Waals surface area contributed by atoms with Gasteiger partial charge in [-0.1, -0.05) is 12.8 Å². The number of halogens is 3. The molecular weight excluding hydrogens is 259 g/mol. The van der Waals surface area contributed by atoms with Crippen molar-refractivity contribution in [2.75, 3.05) is 11.9 Å². The van der Waals surface area contributed by atoms with Gasteiger partial charge in [-0.05, 0) is 18.9 Å². The second kappa shape index (κ2) is 5.73. The molecule has 1 fully saturated rings. The maximum Gasteiger partial charge on any atom is 0.433 e. The van der Waals surface area contributed by atoms with Crippen LogP contribution >= 0.6 is 0 Å². The van der Waals surface area contributed by atoms with Crippen molar-refractivity contribution in [1.29, 1.82) is 0 Å². The minimum Gasteiger partial charge on any atom is -0.396 e. The maximum atomic E-state index is 12.5. The molecule has 7 heteroatoms. The topological polar surface area (TPSA) is 58.0 Å². The first-order valence-corrected chi connectivity index (χ1v) is 6.28. The molecule has 2 rings (SSSR count). The zero-order chi connectivity index (χ0) is 13.9. The number of anilines is 1. The summed E-state index contributed by atoms with van der Waals surface area (Å²) in [5.41, 5.74) is -0.957. The first kappa shape index (κ1) is 14.0. The van der Waals surface area contributed by atoms with Gasteiger partial charge in [0.1, 0.15) is 5.69 Å². The highest BCUT2D eigenvalue weighted by molar-refractivity contribution is 5.28. The first-order chi connectivity index (χ1) is 9.00. The van der Waals surface area contributed by atoms with Crippen LogP contribution < -0.4 is 5.32 Å². The van der Waals surface area contributed by atoms with Gasteiger partial charge in [0.2, 0.25) is 5.95 Å². The Kier molecular flexibility index (Phi) is 4.24. The maximum absolute atomic E-state index is 12.5. The quantitative estimate of drug-likeness (QED) is 0.889. The molecule has 1 aromatic heterocycles. The van der Waals surface area contributed by atoms with Gasteiger partial charge in [-0.15, -0.1) is 0 Å². The molecule has 0 aliphatic heterocycles. The highest BCUT2D eigenvalue weighted by atomic mass is 19.4. The molecule has 4 nitrogen and oxygen atoms in total. The highest BCUT2D eigenvalue weighted by Gasteiger charge is 2.33. The van der Waals surface area contributed by atoms with Gasteiger partial charge in [-0.3, -0.25) is 0 Å². The summed E-state index contributed by atoms with van der Waals surface area (Å²) in [6.45, 7) is 0.0244. The Labute approximate surface area is 109 Å². The lowest BCUT2D eigenvalue weighted by Gasteiger charge is -2.30. The van der Waals surface area contributed by atoms with Crippen molar-refractivity contribution in [2.45, 2.75) is 37.9 Å². The van der Waals surface area contributed by atoms with Crippen molar-refractivity contribution in [2.24, 2.45) is 5.92 Å². The van der Waals surface area contributed by atoms with E-state index in [1.54, 1.807) is 0 Å². The Bertz CT molecular complexity index is 425. The van der Waals surface area contributed by atoms with E-state index in [0.717, 1.165) is 37.9 Å². The lowest BCUT2D eigenvalue weighted by Crippen LogP contribution is -2.35. The average Bonchev–Trinajstić information content (AvgIpc) is 2.39. The number of aliphatic hydroxyl groups is 1. The van der Waals surface area contributed by atoms with Crippen molar-refractivity contribution in [3.8, 4) is 0 Å². The van der Waals surface area contributed by atoms with Crippen LogP contribution in [0.15, 0.2) is 12.3 Å². The van der Waals surface area contributed by atoms with Crippen molar-refractivity contribution in [1.82, 2.24) is 9.97 Å². The third-order valence-electron chi connectivity index (χ3n) is 3.40. The fraction of sp³-hybridized carbons (Fsp3) is 0.667. The van der Waals surface area contributed by atoms with Crippen LogP contribution in [-0.4, -0.2) is 27.7 Å². The zero-order valence-corrected chi connectivity index (χ0v) is 10.3. The summed E-state index contributed by atoms with van der Waals surface area (Å²) in [5.74, 6) is 0.0204. The summed E-state index contributed by atoms with van der Waals surface area (Å²) < 4.78 is 37.6. The van der Waals surface area contributed by atoms with Gasteiger partial charge in [-0.25, -0.2) is 9.97 Å². The van der Waals surface area contributed by atoms with Crippen molar-refractivity contribution in [3.63, 3.8) is 0 Å². The van der Waals surface area contributed by atoms with Crippen molar-refractivity contribution < 1.29 is 18.3 Å². The predicted octanol–water partition coefficient (Wildman–Crippen LogP) is 2.46. The molecule has 19 heavy (non-hydrogen) atoms. The molecule has 0 amide bonds. The second-order valence-corrected chi connectivity index (χ2v) is 4.74. The molecule has 0 radical (unpaired) electrons. The summed E-state index contributed by atoms with van der Waals surface area (Å²) in [4.78, 5) is 7.29. The number of aromatic nitrogens is 2. The lowest BCUT2D eigenvalue weighted by atomic mass is 9.85. The van der Waals surface area contributed by atoms with E-state index in [-0.39, 0.29) is 24.5 Å². The van der Waals surface area contributed by atoms with Crippen LogP contribution in [0.3, 0.4) is 0 Å². The number of aliphatic hydroxyl groups excluding tert-OH is 1. The van der Waals surface area contributed by atoms with Gasteiger partial charge in [0.15, 0.2) is 0 Å². The monoisotopic (exact) mass is 275 g/mol. The number of alkyl halides is 3. The molecular formula is C12H16F3N3O. The number of nitrogens with one attached hydrogen (secondary N) is 1. The largest absolute Gasteiger partial charge is 0.433 e. The van der Waals surface area contributed by atoms with E-state index in [0.29, 0.717) is 0 Å². The van der Waals surface area contributed by atoms with E-state index in [1.165, 1.54) is 0 Å². The van der Waals surface area contributed by atoms with Crippen LogP contribution in [0.2, 0.25) is 0 Å². The summed E-state index contributed by atoms with van der Waals surface area (Å²) in [6.07, 6.45) is 0.329. The van der Waals surface area contributed by atoms with Crippen LogP contribution in [0.5, 0.6) is 0 Å². The third-order valence-corrected chi connectivity index (χ3v) is 3.40. The molecule has 2 N–H and O–H groups in total. The molecule has 2 atom stereocenters. The highest BCUT2D eigenvalue weighted by Crippen LogP contribution is 2.29. The average molecular weight is 275 g/mol. The Hall–Kier alpha value is -1.37. The van der Waals surface area contributed by atoms with E-state index in [9.17, 15) is 18.3 Å². The fourth-order valence-corrected chi connectivity index (χ4v) is 2.37. The number of hydrogen-bond acceptors (Lipinski definition) is 4. The molecule has 1 aliphatic carbocycles. The SMILES string of the molecule is OC[C@@H]1CCCC[C@H]1Nc1nccc(C(F)(F)F)n1. The standard InChI is InChI=1S/C12H16F3N3O/c13-12(14,15)10-5-6-16-11(18-10)17-9-4-2-1-3-8(9)7-19/h5-6,8-9,19H,1-4,7H2,(H,16,17,18)/t8-,9+/m0/s1. The second-order valence-electron chi connectivity index (χ2n) is 4.74. The van der Waals surface area contributed by atoms with Crippen molar-refractivity contribution in [3.05, 3.63) is 18.0 Å². The van der Waals surface area contributed by atoms with E-state index in [1.807, 2.05) is 0 Å². The van der Waals surface area contributed by atoms with E-state index >= 15 is 0 Å². The molecule has 106 valence electrons. The predicted molar refractivity (Wildman–Crippen MR) is 63.5 cm³/mol. The normalized spacial score (nSPS) is 24.2. The van der Waals surface area contributed by atoms with Crippen LogP contribution in [0.25, 0.3) is 0 Å². The van der Waals surface area contributed by atoms with E-state index in [4.69, 9.17) is 0 Å². The van der Waals surface area contributed by atoms with Gasteiger partial charge < -0.3 is 10.4 Å². The van der Waals surface area contributed by atoms with Crippen LogP contribution in [0.1, 0.15) is 31.4 Å². The molecule has 1 aliphatic rings. The van der Waals surface area contributed by atoms with Crippen molar-refractivity contribution >= 4 is 5.95 Å². The summed E-state index contributed by atoms with van der Waals surface area (Å²) in [7, 11) is 0. The van der Waals surface area contributed by atoms with Crippen LogP contribution in [0, 0.1) is 5.92 Å². The van der Waals surface area contributed by atoms with Gasteiger partial charge in [-0.2, -0.15) is 13.2 Å². The third kappa shape index (κ3) is 3.56. The Balaban J connectivity index is 2.10. The molecule has 1 saturated carbocycles. The smallest absolute Gasteiger partial charge is 0.396 e. The Morgan fingerprint density at radius 1 is 1.32 bits per heavy atom. The minimum absolute atomic E-state index is 0.0244. The molecule has 0 spiro atoms. The molecule has 1 heterocycles. The minimum atomic E-state index is -4.47. The van der Waals surface area contributed by atoms with E-state index < -0.39 is 11.9 Å². The summed E-state index contributed by atoms with van der Waals surface area (Å²) in [6, 6.07) is 0.775. The number of rotatable bonds is 3. The van der Waals surface area contributed by atoms with Crippen LogP contribution in [-0.2, 0) is 6.18 Å². The Morgan fingerprint density at radius 3 is 2.74 bits per heavy atom. The lowest BCUT2D eigenvalue weighted by molar-refractivity contribution is -0.141. The summed E-state index contributed by atoms with van der Waals surface area (Å²) >= 11 is 0. The summed E-state index contributed by atoms with van der Waals surface area (Å²) in [5, 5.41) is 12.2. The number of nitrogens with zero attached hydrogens (tertiary/aromatic N) is 2. The molecule has 0 aromatic carbocycles. The molecule has 0 bridgehead atoms. The Morgan fingerprint density at radius 2 is 2.05 bits per heavy atom. The first-order valence-electron chi connectivity index (χ1n) is 6.28.